The molecule has 3 aromatic carbocycles. The molecule has 1 atom stereocenters. The number of carbonyl (C=O) groups is 4. The van der Waals surface area contributed by atoms with E-state index in [-0.39, 0.29) is 54.2 Å². The van der Waals surface area contributed by atoms with Crippen LogP contribution in [0.1, 0.15) is 73.0 Å². The number of fused-ring (bicyclic) bond motifs is 2. The van der Waals surface area contributed by atoms with Gasteiger partial charge in [-0.05, 0) is 73.3 Å². The molecule has 10 nitrogen and oxygen atoms in total. The number of nitrogens with zero attached hydrogens (tertiary/aromatic N) is 2. The molecule has 1 heterocycles. The van der Waals surface area contributed by atoms with E-state index >= 15 is 0 Å². The number of benzene rings is 3. The molecule has 0 radical (unpaired) electrons. The lowest BCUT2D eigenvalue weighted by molar-refractivity contribution is -0.139. The van der Waals surface area contributed by atoms with Crippen LogP contribution in [0.4, 0.5) is 0 Å². The second-order valence-electron chi connectivity index (χ2n) is 13.4. The molecular formula is C38H46N4O6S. The number of hydrogen-bond donors (Lipinski definition) is 2. The van der Waals surface area contributed by atoms with Crippen molar-refractivity contribution < 1.29 is 27.6 Å². The second kappa shape index (κ2) is 15.8. The topological polar surface area (TPSA) is 133 Å². The minimum absolute atomic E-state index is 0.00923. The van der Waals surface area contributed by atoms with Crippen LogP contribution in [0.2, 0.25) is 0 Å². The molecule has 1 aliphatic carbocycles. The third kappa shape index (κ3) is 8.57. The Bertz CT molecular complexity index is 1780. The molecule has 11 heteroatoms. The molecule has 1 spiro atoms. The summed E-state index contributed by atoms with van der Waals surface area (Å²) in [5.41, 5.74) is 1.12. The van der Waals surface area contributed by atoms with Crippen molar-refractivity contribution in [2.24, 2.45) is 5.92 Å². The van der Waals surface area contributed by atoms with Gasteiger partial charge in [-0.15, -0.1) is 0 Å². The molecule has 4 amide bonds. The molecule has 5 rings (SSSR count). The van der Waals surface area contributed by atoms with Gasteiger partial charge in [0.15, 0.2) is 9.84 Å². The average molecular weight is 687 g/mol. The zero-order valence-corrected chi connectivity index (χ0v) is 29.1. The van der Waals surface area contributed by atoms with Crippen LogP contribution in [-0.4, -0.2) is 74.6 Å². The quantitative estimate of drug-likeness (QED) is 0.382. The van der Waals surface area contributed by atoms with E-state index in [1.54, 1.807) is 42.5 Å². The number of carbonyl (C=O) groups excluding carboxylic acids is 4. The Balaban J connectivity index is 1.44. The summed E-state index contributed by atoms with van der Waals surface area (Å²) in [6.45, 7) is 4.18. The maximum Gasteiger partial charge on any atom is 0.255 e. The molecule has 1 fully saturated rings. The summed E-state index contributed by atoms with van der Waals surface area (Å²) in [7, 11) is -3.91. The highest BCUT2D eigenvalue weighted by Gasteiger charge is 2.45. The van der Waals surface area contributed by atoms with Gasteiger partial charge in [0.25, 0.3) is 5.91 Å². The Morgan fingerprint density at radius 3 is 2.37 bits per heavy atom. The molecular weight excluding hydrogens is 641 g/mol. The SMILES string of the molecule is CC(C)CCN1CC(=O)NC2(CCCc3ccccc32)C(=O)NCCCCN(C(=O)c2ccccc2S(=O)(=O)Cc2ccccc2)CC1=O. The van der Waals surface area contributed by atoms with E-state index in [0.717, 1.165) is 24.0 Å². The lowest BCUT2D eigenvalue weighted by Crippen LogP contribution is -2.60. The standard InChI is InChI=1S/C38H46N4O6S/c1-28(2)20-24-41-25-34(43)40-38(21-12-16-30-15-6-8-18-32(30)38)37(46)39-22-10-11-23-42(26-35(41)44)36(45)31-17-7-9-19-33(31)49(47,48)27-29-13-4-3-5-14-29/h3-9,13-15,17-19,28H,10-12,16,20-27H2,1-2H3,(H,39,46)(H,40,43). The minimum atomic E-state index is -3.91. The van der Waals surface area contributed by atoms with Crippen LogP contribution in [0.15, 0.2) is 83.8 Å². The Morgan fingerprint density at radius 2 is 1.59 bits per heavy atom. The zero-order chi connectivity index (χ0) is 35.0. The van der Waals surface area contributed by atoms with E-state index in [2.05, 4.69) is 10.6 Å². The first-order chi connectivity index (χ1) is 23.5. The van der Waals surface area contributed by atoms with Crippen molar-refractivity contribution in [1.82, 2.24) is 20.4 Å². The lowest BCUT2D eigenvalue weighted by atomic mass is 9.75. The number of aryl methyl sites for hydroxylation is 1. The molecule has 2 N–H and O–H groups in total. The predicted octanol–water partition coefficient (Wildman–Crippen LogP) is 4.24. The first-order valence-electron chi connectivity index (χ1n) is 17.1. The second-order valence-corrected chi connectivity index (χ2v) is 15.4. The lowest BCUT2D eigenvalue weighted by Gasteiger charge is -2.39. The van der Waals surface area contributed by atoms with Crippen LogP contribution in [-0.2, 0) is 41.9 Å². The van der Waals surface area contributed by atoms with E-state index < -0.39 is 33.1 Å². The molecule has 1 saturated heterocycles. The van der Waals surface area contributed by atoms with Gasteiger partial charge >= 0.3 is 0 Å². The molecule has 0 saturated carbocycles. The van der Waals surface area contributed by atoms with Crippen molar-refractivity contribution in [3.8, 4) is 0 Å². The first-order valence-corrected chi connectivity index (χ1v) is 18.8. The fourth-order valence-electron chi connectivity index (χ4n) is 6.67. The van der Waals surface area contributed by atoms with Crippen LogP contribution in [0.3, 0.4) is 0 Å². The van der Waals surface area contributed by atoms with Gasteiger partial charge in [0, 0.05) is 19.6 Å². The summed E-state index contributed by atoms with van der Waals surface area (Å²) in [5, 5.41) is 6.07. The third-order valence-electron chi connectivity index (χ3n) is 9.28. The molecule has 0 bridgehead atoms. The van der Waals surface area contributed by atoms with E-state index in [1.165, 1.54) is 21.9 Å². The van der Waals surface area contributed by atoms with Gasteiger partial charge in [0.1, 0.15) is 12.1 Å². The highest BCUT2D eigenvalue weighted by atomic mass is 32.2. The van der Waals surface area contributed by atoms with Crippen LogP contribution < -0.4 is 10.6 Å². The Kier molecular flexibility index (Phi) is 11.5. The average Bonchev–Trinajstić information content (AvgIpc) is 3.08. The predicted molar refractivity (Wildman–Crippen MR) is 187 cm³/mol. The number of amides is 4. The smallest absolute Gasteiger partial charge is 0.255 e. The van der Waals surface area contributed by atoms with Crippen molar-refractivity contribution in [3.63, 3.8) is 0 Å². The van der Waals surface area contributed by atoms with Crippen molar-refractivity contribution in [1.29, 1.82) is 0 Å². The summed E-state index contributed by atoms with van der Waals surface area (Å²) in [6, 6.07) is 22.5. The number of nitrogens with one attached hydrogen (secondary N) is 2. The summed E-state index contributed by atoms with van der Waals surface area (Å²) in [5.74, 6) is -1.80. The van der Waals surface area contributed by atoms with Gasteiger partial charge in [0.2, 0.25) is 17.7 Å². The molecule has 3 aromatic rings. The molecule has 1 unspecified atom stereocenters. The van der Waals surface area contributed by atoms with Crippen molar-refractivity contribution in [2.75, 3.05) is 32.7 Å². The van der Waals surface area contributed by atoms with Gasteiger partial charge in [-0.1, -0.05) is 80.6 Å². The van der Waals surface area contributed by atoms with E-state index in [1.807, 2.05) is 38.1 Å². The van der Waals surface area contributed by atoms with Crippen molar-refractivity contribution in [2.45, 2.75) is 68.6 Å². The highest BCUT2D eigenvalue weighted by molar-refractivity contribution is 7.90. The minimum Gasteiger partial charge on any atom is -0.354 e. The summed E-state index contributed by atoms with van der Waals surface area (Å²) in [6.07, 6.45) is 3.56. The van der Waals surface area contributed by atoms with Crippen molar-refractivity contribution >= 4 is 33.5 Å². The molecule has 49 heavy (non-hydrogen) atoms. The van der Waals surface area contributed by atoms with Gasteiger partial charge in [-0.25, -0.2) is 8.42 Å². The largest absolute Gasteiger partial charge is 0.354 e. The van der Waals surface area contributed by atoms with Crippen LogP contribution in [0.25, 0.3) is 0 Å². The molecule has 1 aliphatic heterocycles. The highest BCUT2D eigenvalue weighted by Crippen LogP contribution is 2.36. The monoisotopic (exact) mass is 686 g/mol. The third-order valence-corrected chi connectivity index (χ3v) is 11.0. The first kappa shape index (κ1) is 35.8. The maximum absolute atomic E-state index is 14.2. The Hall–Kier alpha value is -4.51. The fourth-order valence-corrected chi connectivity index (χ4v) is 8.23. The molecule has 0 aromatic heterocycles. The maximum atomic E-state index is 14.2. The summed E-state index contributed by atoms with van der Waals surface area (Å²) < 4.78 is 27.2. The number of sulfone groups is 1. The number of hydrogen-bond acceptors (Lipinski definition) is 6. The van der Waals surface area contributed by atoms with Gasteiger partial charge in [-0.3, -0.25) is 19.2 Å². The Morgan fingerprint density at radius 1 is 0.878 bits per heavy atom. The zero-order valence-electron chi connectivity index (χ0n) is 28.3. The van der Waals surface area contributed by atoms with Gasteiger partial charge < -0.3 is 20.4 Å². The van der Waals surface area contributed by atoms with Gasteiger partial charge in [0.05, 0.1) is 22.8 Å². The van der Waals surface area contributed by atoms with Crippen LogP contribution in [0.5, 0.6) is 0 Å². The van der Waals surface area contributed by atoms with E-state index in [9.17, 15) is 27.6 Å². The van der Waals surface area contributed by atoms with E-state index in [0.29, 0.717) is 37.8 Å². The fraction of sp³-hybridized carbons (Fsp3) is 0.421. The Labute approximate surface area is 289 Å². The normalized spacial score (nSPS) is 19.6. The summed E-state index contributed by atoms with van der Waals surface area (Å²) in [4.78, 5) is 58.6. The molecule has 2 aliphatic rings. The summed E-state index contributed by atoms with van der Waals surface area (Å²) >= 11 is 0. The van der Waals surface area contributed by atoms with Crippen molar-refractivity contribution in [3.05, 3.63) is 101 Å². The van der Waals surface area contributed by atoms with Crippen LogP contribution >= 0.6 is 0 Å². The van der Waals surface area contributed by atoms with Gasteiger partial charge in [-0.2, -0.15) is 0 Å². The molecule has 260 valence electrons. The van der Waals surface area contributed by atoms with E-state index in [4.69, 9.17) is 0 Å². The van der Waals surface area contributed by atoms with Crippen LogP contribution in [0, 0.1) is 5.92 Å². The number of rotatable bonds is 7.